The SMILES string of the molecule is Cc1ccccc1NC(=O)C[n+]1ccccc1C.[Y]. The van der Waals surface area contributed by atoms with Crippen molar-refractivity contribution in [2.24, 2.45) is 0 Å². The van der Waals surface area contributed by atoms with Gasteiger partial charge in [0.25, 0.3) is 5.91 Å². The third-order valence-corrected chi connectivity index (χ3v) is 2.90. The van der Waals surface area contributed by atoms with Crippen molar-refractivity contribution < 1.29 is 42.1 Å². The normalized spacial score (nSPS) is 9.58. The predicted molar refractivity (Wildman–Crippen MR) is 71.2 cm³/mol. The number of hydrogen-bond donors (Lipinski definition) is 1. The van der Waals surface area contributed by atoms with Crippen LogP contribution in [0.2, 0.25) is 0 Å². The van der Waals surface area contributed by atoms with Crippen LogP contribution in [0.3, 0.4) is 0 Å². The van der Waals surface area contributed by atoms with E-state index >= 15 is 0 Å². The van der Waals surface area contributed by atoms with Gasteiger partial charge in [-0.1, -0.05) is 24.3 Å². The summed E-state index contributed by atoms with van der Waals surface area (Å²) in [7, 11) is 0. The number of anilines is 1. The number of para-hydroxylation sites is 1. The van der Waals surface area contributed by atoms with Crippen molar-refractivity contribution in [1.29, 1.82) is 0 Å². The maximum Gasteiger partial charge on any atom is 0.290 e. The maximum absolute atomic E-state index is 12.0. The number of amides is 1. The fraction of sp³-hybridized carbons (Fsp3) is 0.200. The Bertz CT molecular complexity index is 520. The molecule has 0 unspecified atom stereocenters. The van der Waals surface area contributed by atoms with Gasteiger partial charge in [0.05, 0.1) is 0 Å². The van der Waals surface area contributed by atoms with E-state index in [-0.39, 0.29) is 38.6 Å². The molecule has 19 heavy (non-hydrogen) atoms. The average molecular weight is 330 g/mol. The van der Waals surface area contributed by atoms with E-state index in [1.165, 1.54) is 0 Å². The topological polar surface area (TPSA) is 33.0 Å². The fourth-order valence-corrected chi connectivity index (χ4v) is 1.80. The summed E-state index contributed by atoms with van der Waals surface area (Å²) in [6.07, 6.45) is 1.91. The van der Waals surface area contributed by atoms with Crippen LogP contribution in [0.5, 0.6) is 0 Å². The third kappa shape index (κ3) is 4.52. The molecule has 0 aliphatic heterocycles. The van der Waals surface area contributed by atoms with E-state index < -0.39 is 0 Å². The van der Waals surface area contributed by atoms with Crippen LogP contribution in [0.25, 0.3) is 0 Å². The molecular weight excluding hydrogens is 313 g/mol. The molecule has 0 fully saturated rings. The monoisotopic (exact) mass is 330 g/mol. The molecule has 1 radical (unpaired) electrons. The molecule has 0 spiro atoms. The summed E-state index contributed by atoms with van der Waals surface area (Å²) in [5.74, 6) is -0.0106. The molecule has 0 atom stereocenters. The number of benzene rings is 1. The molecule has 1 N–H and O–H groups in total. The standard InChI is InChI=1S/C15H16N2O.Y/c1-12-7-3-4-9-14(12)16-15(18)11-17-10-6-5-8-13(17)2;/h3-10H,11H2,1-2H3;/p+1. The number of aromatic nitrogens is 1. The zero-order valence-corrected chi connectivity index (χ0v) is 14.1. The molecule has 4 heteroatoms. The number of nitrogens with zero attached hydrogens (tertiary/aromatic N) is 1. The molecular formula is C15H17N2OY+. The second kappa shape index (κ2) is 7.51. The smallest absolute Gasteiger partial charge is 0.290 e. The van der Waals surface area contributed by atoms with Crippen LogP contribution in [-0.2, 0) is 44.0 Å². The van der Waals surface area contributed by atoms with Gasteiger partial charge in [0.15, 0.2) is 11.9 Å². The van der Waals surface area contributed by atoms with Crippen LogP contribution in [0, 0.1) is 13.8 Å². The van der Waals surface area contributed by atoms with Gasteiger partial charge >= 0.3 is 0 Å². The maximum atomic E-state index is 12.0. The first-order chi connectivity index (χ1) is 8.66. The van der Waals surface area contributed by atoms with Gasteiger partial charge in [0.2, 0.25) is 6.54 Å². The molecule has 1 amide bonds. The van der Waals surface area contributed by atoms with E-state index in [9.17, 15) is 4.79 Å². The summed E-state index contributed by atoms with van der Waals surface area (Å²) in [5.41, 5.74) is 3.01. The van der Waals surface area contributed by atoms with E-state index in [4.69, 9.17) is 0 Å². The summed E-state index contributed by atoms with van der Waals surface area (Å²) in [6.45, 7) is 4.30. The first-order valence-electron chi connectivity index (χ1n) is 5.97. The molecule has 0 saturated carbocycles. The molecule has 0 saturated heterocycles. The largest absolute Gasteiger partial charge is 0.320 e. The molecule has 3 nitrogen and oxygen atoms in total. The van der Waals surface area contributed by atoms with Crippen LogP contribution in [0.4, 0.5) is 5.69 Å². The quantitative estimate of drug-likeness (QED) is 0.860. The molecule has 1 aromatic carbocycles. The molecule has 0 bridgehead atoms. The van der Waals surface area contributed by atoms with Crippen molar-refractivity contribution in [1.82, 2.24) is 0 Å². The number of carbonyl (C=O) groups excluding carboxylic acids is 1. The van der Waals surface area contributed by atoms with Crippen LogP contribution >= 0.6 is 0 Å². The first-order valence-corrected chi connectivity index (χ1v) is 5.97. The summed E-state index contributed by atoms with van der Waals surface area (Å²) in [6, 6.07) is 13.6. The Labute approximate surface area is 138 Å². The van der Waals surface area contributed by atoms with Gasteiger partial charge in [-0.25, -0.2) is 0 Å². The van der Waals surface area contributed by atoms with E-state index in [1.807, 2.05) is 67.1 Å². The summed E-state index contributed by atoms with van der Waals surface area (Å²) < 4.78 is 1.92. The van der Waals surface area contributed by atoms with Crippen LogP contribution < -0.4 is 9.88 Å². The van der Waals surface area contributed by atoms with Crippen LogP contribution in [0.15, 0.2) is 48.7 Å². The van der Waals surface area contributed by atoms with Gasteiger partial charge in [-0.2, -0.15) is 4.57 Å². The van der Waals surface area contributed by atoms with Crippen molar-refractivity contribution in [2.45, 2.75) is 20.4 Å². The summed E-state index contributed by atoms with van der Waals surface area (Å²) >= 11 is 0. The number of carbonyl (C=O) groups is 1. The minimum Gasteiger partial charge on any atom is -0.320 e. The molecule has 2 aromatic rings. The summed E-state index contributed by atoms with van der Waals surface area (Å²) in [4.78, 5) is 12.0. The number of hydrogen-bond acceptors (Lipinski definition) is 1. The van der Waals surface area contributed by atoms with E-state index in [2.05, 4.69) is 5.32 Å². The minimum absolute atomic E-state index is 0. The molecule has 1 aromatic heterocycles. The average Bonchev–Trinajstić information content (AvgIpc) is 2.35. The Morgan fingerprint density at radius 1 is 1.11 bits per heavy atom. The number of rotatable bonds is 3. The zero-order chi connectivity index (χ0) is 13.0. The van der Waals surface area contributed by atoms with Gasteiger partial charge in [0.1, 0.15) is 0 Å². The minimum atomic E-state index is -0.0106. The number of pyridine rings is 1. The van der Waals surface area contributed by atoms with Gasteiger partial charge in [0, 0.05) is 57.5 Å². The van der Waals surface area contributed by atoms with Gasteiger partial charge < -0.3 is 5.32 Å². The van der Waals surface area contributed by atoms with E-state index in [0.29, 0.717) is 6.54 Å². The Balaban J connectivity index is 0.00000180. The Hall–Kier alpha value is -1.06. The molecule has 1 heterocycles. The van der Waals surface area contributed by atoms with Crippen molar-refractivity contribution in [3.8, 4) is 0 Å². The Morgan fingerprint density at radius 3 is 2.47 bits per heavy atom. The van der Waals surface area contributed by atoms with Crippen molar-refractivity contribution in [3.63, 3.8) is 0 Å². The van der Waals surface area contributed by atoms with Gasteiger partial charge in [-0.05, 0) is 18.6 Å². The van der Waals surface area contributed by atoms with Crippen molar-refractivity contribution in [3.05, 3.63) is 59.9 Å². The third-order valence-electron chi connectivity index (χ3n) is 2.90. The predicted octanol–water partition coefficient (Wildman–Crippen LogP) is 2.23. The second-order valence-electron chi connectivity index (χ2n) is 4.33. The van der Waals surface area contributed by atoms with Gasteiger partial charge in [-0.3, -0.25) is 4.79 Å². The van der Waals surface area contributed by atoms with E-state index in [1.54, 1.807) is 0 Å². The summed E-state index contributed by atoms with van der Waals surface area (Å²) in [5, 5.41) is 2.93. The molecule has 2 rings (SSSR count). The number of aryl methyl sites for hydroxylation is 2. The van der Waals surface area contributed by atoms with Crippen LogP contribution in [-0.4, -0.2) is 5.91 Å². The van der Waals surface area contributed by atoms with Crippen molar-refractivity contribution >= 4 is 11.6 Å². The van der Waals surface area contributed by atoms with E-state index in [0.717, 1.165) is 16.9 Å². The molecule has 0 aliphatic rings. The fourth-order valence-electron chi connectivity index (χ4n) is 1.80. The zero-order valence-electron chi connectivity index (χ0n) is 11.3. The Morgan fingerprint density at radius 2 is 1.79 bits per heavy atom. The van der Waals surface area contributed by atoms with Gasteiger partial charge in [-0.15, -0.1) is 0 Å². The Kier molecular flexibility index (Phi) is 6.33. The second-order valence-corrected chi connectivity index (χ2v) is 4.33. The number of nitrogens with one attached hydrogen (secondary N) is 1. The molecule has 0 aliphatic carbocycles. The van der Waals surface area contributed by atoms with Crippen molar-refractivity contribution in [2.75, 3.05) is 5.32 Å². The first kappa shape index (κ1) is 16.0. The molecule has 95 valence electrons. The van der Waals surface area contributed by atoms with Crippen LogP contribution in [0.1, 0.15) is 11.3 Å².